The third kappa shape index (κ3) is 5.32. The van der Waals surface area contributed by atoms with Crippen LogP contribution in [-0.4, -0.2) is 17.8 Å². The largest absolute Gasteiger partial charge is 0.402 e. The van der Waals surface area contributed by atoms with Crippen LogP contribution in [0.1, 0.15) is 30.5 Å². The summed E-state index contributed by atoms with van der Waals surface area (Å²) >= 11 is 0. The third-order valence-electron chi connectivity index (χ3n) is 4.32. The van der Waals surface area contributed by atoms with Crippen molar-refractivity contribution in [3.63, 3.8) is 0 Å². The zero-order valence-electron chi connectivity index (χ0n) is 17.3. The van der Waals surface area contributed by atoms with Crippen molar-refractivity contribution in [3.05, 3.63) is 82.5 Å². The molecule has 0 bridgehead atoms. The summed E-state index contributed by atoms with van der Waals surface area (Å²) in [6.07, 6.45) is 3.28. The van der Waals surface area contributed by atoms with Crippen LogP contribution in [0.2, 0.25) is 0 Å². The average Bonchev–Trinajstić information content (AvgIpc) is 2.69. The first-order valence-electron chi connectivity index (χ1n) is 8.86. The number of carbonyl (C=O) groups excluding carboxylic acids is 1. The molecule has 30 heavy (non-hydrogen) atoms. The summed E-state index contributed by atoms with van der Waals surface area (Å²) in [6.45, 7) is 12.0. The number of nitrogen functional groups attached to an aromatic ring is 1. The van der Waals surface area contributed by atoms with Crippen LogP contribution in [0.4, 0.5) is 10.1 Å². The monoisotopic (exact) mass is 410 g/mol. The van der Waals surface area contributed by atoms with Gasteiger partial charge in [0.25, 0.3) is 0 Å². The molecule has 0 aliphatic carbocycles. The van der Waals surface area contributed by atoms with E-state index in [1.807, 2.05) is 0 Å². The lowest BCUT2D eigenvalue weighted by Crippen LogP contribution is -2.20. The molecule has 0 saturated heterocycles. The number of nitrogens with zero attached hydrogens (tertiary/aromatic N) is 1. The van der Waals surface area contributed by atoms with E-state index in [2.05, 4.69) is 18.2 Å². The first kappa shape index (κ1) is 24.1. The second kappa shape index (κ2) is 10.0. The highest BCUT2D eigenvalue weighted by atomic mass is 19.1. The Kier molecular flexibility index (Phi) is 8.04. The Morgan fingerprint density at radius 1 is 1.23 bits per heavy atom. The number of allylic oxidation sites excluding steroid dienone is 5. The first-order chi connectivity index (χ1) is 14.0. The molecule has 1 amide bonds. The van der Waals surface area contributed by atoms with Crippen molar-refractivity contribution in [2.24, 2.45) is 22.2 Å². The number of anilines is 1. The summed E-state index contributed by atoms with van der Waals surface area (Å²) in [7, 11) is 0. The smallest absolute Gasteiger partial charge is 0.250 e. The SMILES string of the molecule is C=C\C(F)=C/C(=C(\C)N)C(/C)=N/C(=C(/N)C(=C)C(N)=O)c1c(C)ccc(N)c1C=N. The summed E-state index contributed by atoms with van der Waals surface area (Å²) in [4.78, 5) is 16.2. The van der Waals surface area contributed by atoms with Crippen molar-refractivity contribution >= 4 is 29.2 Å². The molecule has 0 fully saturated rings. The minimum Gasteiger partial charge on any atom is -0.402 e. The molecule has 9 N–H and O–H groups in total. The number of rotatable bonds is 8. The lowest BCUT2D eigenvalue weighted by Gasteiger charge is -2.17. The number of aliphatic imine (C=N–C) groups is 1. The third-order valence-corrected chi connectivity index (χ3v) is 4.32. The van der Waals surface area contributed by atoms with Crippen molar-refractivity contribution in [1.82, 2.24) is 0 Å². The second-order valence-electron chi connectivity index (χ2n) is 6.54. The fraction of sp³-hybridized carbons (Fsp3) is 0.136. The van der Waals surface area contributed by atoms with Gasteiger partial charge in [0.15, 0.2) is 0 Å². The Bertz CT molecular complexity index is 1040. The molecule has 0 aliphatic heterocycles. The summed E-state index contributed by atoms with van der Waals surface area (Å²) in [5, 5.41) is 7.77. The highest BCUT2D eigenvalue weighted by molar-refractivity contribution is 6.07. The highest BCUT2D eigenvalue weighted by Gasteiger charge is 2.19. The lowest BCUT2D eigenvalue weighted by molar-refractivity contribution is -0.114. The minimum atomic E-state index is -0.834. The number of aryl methyl sites for hydroxylation is 1. The molecule has 0 radical (unpaired) electrons. The Morgan fingerprint density at radius 2 is 1.83 bits per heavy atom. The number of nitrogens with two attached hydrogens (primary N) is 4. The number of carbonyl (C=O) groups is 1. The van der Waals surface area contributed by atoms with Crippen molar-refractivity contribution in [2.45, 2.75) is 20.8 Å². The van der Waals surface area contributed by atoms with Crippen LogP contribution >= 0.6 is 0 Å². The number of hydrogen-bond donors (Lipinski definition) is 5. The van der Waals surface area contributed by atoms with Gasteiger partial charge in [0.2, 0.25) is 5.91 Å². The molecule has 0 saturated carbocycles. The molecule has 0 heterocycles. The molecule has 1 aromatic rings. The molecule has 1 aromatic carbocycles. The summed E-state index contributed by atoms with van der Waals surface area (Å²) in [5.41, 5.74) is 26.0. The van der Waals surface area contributed by atoms with Gasteiger partial charge in [-0.15, -0.1) is 0 Å². The van der Waals surface area contributed by atoms with E-state index in [0.717, 1.165) is 12.3 Å². The maximum absolute atomic E-state index is 13.8. The van der Waals surface area contributed by atoms with Gasteiger partial charge in [0.1, 0.15) is 5.83 Å². The van der Waals surface area contributed by atoms with E-state index in [-0.39, 0.29) is 17.0 Å². The van der Waals surface area contributed by atoms with Crippen LogP contribution in [0.3, 0.4) is 0 Å². The maximum atomic E-state index is 13.8. The Labute approximate surface area is 175 Å². The van der Waals surface area contributed by atoms with Crippen molar-refractivity contribution in [1.29, 1.82) is 5.41 Å². The normalized spacial score (nSPS) is 13.9. The van der Waals surface area contributed by atoms with Crippen LogP contribution in [-0.2, 0) is 4.79 Å². The van der Waals surface area contributed by atoms with Gasteiger partial charge in [-0.3, -0.25) is 9.79 Å². The number of halogens is 1. The quantitative estimate of drug-likeness (QED) is 0.193. The van der Waals surface area contributed by atoms with Crippen LogP contribution in [0.25, 0.3) is 5.70 Å². The Hall–Kier alpha value is -3.94. The zero-order chi connectivity index (χ0) is 23.2. The van der Waals surface area contributed by atoms with Gasteiger partial charge in [-0.05, 0) is 44.6 Å². The number of amides is 1. The number of hydrogen-bond acceptors (Lipinski definition) is 6. The summed E-state index contributed by atoms with van der Waals surface area (Å²) < 4.78 is 13.8. The summed E-state index contributed by atoms with van der Waals surface area (Å²) in [6, 6.07) is 3.37. The van der Waals surface area contributed by atoms with Gasteiger partial charge in [-0.1, -0.05) is 19.2 Å². The number of benzene rings is 1. The molecule has 0 unspecified atom stereocenters. The molecule has 0 aliphatic rings. The van der Waals surface area contributed by atoms with E-state index in [1.54, 1.807) is 32.9 Å². The molecule has 158 valence electrons. The Morgan fingerprint density at radius 3 is 2.30 bits per heavy atom. The number of primary amides is 1. The van der Waals surface area contributed by atoms with Crippen LogP contribution < -0.4 is 22.9 Å². The van der Waals surface area contributed by atoms with E-state index >= 15 is 0 Å². The molecule has 8 heteroatoms. The molecule has 7 nitrogen and oxygen atoms in total. The van der Waals surface area contributed by atoms with E-state index in [4.69, 9.17) is 28.3 Å². The van der Waals surface area contributed by atoms with Crippen LogP contribution in [0.5, 0.6) is 0 Å². The second-order valence-corrected chi connectivity index (χ2v) is 6.54. The minimum absolute atomic E-state index is 0.0964. The van der Waals surface area contributed by atoms with Gasteiger partial charge in [0, 0.05) is 40.0 Å². The molecular weight excluding hydrogens is 383 g/mol. The molecular formula is C22H27FN6O. The van der Waals surface area contributed by atoms with Gasteiger partial charge in [0.05, 0.1) is 17.0 Å². The number of nitrogens with one attached hydrogen (secondary N) is 1. The van der Waals surface area contributed by atoms with Crippen molar-refractivity contribution < 1.29 is 9.18 Å². The van der Waals surface area contributed by atoms with Gasteiger partial charge in [-0.25, -0.2) is 4.39 Å². The zero-order valence-corrected chi connectivity index (χ0v) is 17.3. The molecule has 0 spiro atoms. The maximum Gasteiger partial charge on any atom is 0.250 e. The standard InChI is InChI=1S/C22H27FN6O/c1-6-15(23)9-16(13(4)25)14(5)29-21(20(27)12(3)22(28)30)19-11(2)7-8-18(26)17(19)10-24/h6-10,24H,1,3,25-27H2,2,4-5H3,(H2,28,30)/b15-9+,16-13-,21-20+,24-10?,29-14+. The summed E-state index contributed by atoms with van der Waals surface area (Å²) in [5.74, 6) is -1.44. The average molecular weight is 410 g/mol. The molecule has 1 rings (SSSR count). The fourth-order valence-corrected chi connectivity index (χ4v) is 2.67. The van der Waals surface area contributed by atoms with E-state index in [0.29, 0.717) is 39.4 Å². The van der Waals surface area contributed by atoms with Gasteiger partial charge in [-0.2, -0.15) is 0 Å². The molecule has 0 aromatic heterocycles. The van der Waals surface area contributed by atoms with Gasteiger partial charge >= 0.3 is 0 Å². The topological polar surface area (TPSA) is 157 Å². The lowest BCUT2D eigenvalue weighted by atomic mass is 9.95. The predicted molar refractivity (Wildman–Crippen MR) is 122 cm³/mol. The van der Waals surface area contributed by atoms with Gasteiger partial charge < -0.3 is 28.3 Å². The van der Waals surface area contributed by atoms with E-state index < -0.39 is 11.7 Å². The van der Waals surface area contributed by atoms with E-state index in [9.17, 15) is 9.18 Å². The first-order valence-corrected chi connectivity index (χ1v) is 8.86. The fourth-order valence-electron chi connectivity index (χ4n) is 2.67. The predicted octanol–water partition coefficient (Wildman–Crippen LogP) is 2.98. The Balaban J connectivity index is 4.02. The van der Waals surface area contributed by atoms with Crippen molar-refractivity contribution in [3.8, 4) is 0 Å². The van der Waals surface area contributed by atoms with Crippen LogP contribution in [0.15, 0.2) is 70.8 Å². The van der Waals surface area contributed by atoms with E-state index in [1.165, 1.54) is 6.08 Å². The van der Waals surface area contributed by atoms with Crippen LogP contribution in [0, 0.1) is 12.3 Å². The highest BCUT2D eigenvalue weighted by Crippen LogP contribution is 2.31. The van der Waals surface area contributed by atoms with Crippen molar-refractivity contribution in [2.75, 3.05) is 5.73 Å². The molecule has 0 atom stereocenters.